The molecule has 2 aromatic rings. The van der Waals surface area contributed by atoms with Gasteiger partial charge in [0.05, 0.1) is 6.04 Å². The van der Waals surface area contributed by atoms with Crippen LogP contribution in [-0.2, 0) is 19.8 Å². The fourth-order valence-corrected chi connectivity index (χ4v) is 5.12. The summed E-state index contributed by atoms with van der Waals surface area (Å²) in [5.41, 5.74) is 1.01. The molecule has 2 heterocycles. The third-order valence-electron chi connectivity index (χ3n) is 5.94. The van der Waals surface area contributed by atoms with E-state index in [2.05, 4.69) is 17.2 Å². The number of carboxylic acids is 1. The maximum absolute atomic E-state index is 13.7. The molecule has 3 unspecified atom stereocenters. The number of aliphatic carboxylic acids is 1. The molecule has 1 fully saturated rings. The Labute approximate surface area is 194 Å². The Balaban J connectivity index is 1.98. The Hall–Kier alpha value is -3.03. The van der Waals surface area contributed by atoms with Crippen LogP contribution in [0.3, 0.4) is 0 Å². The molecule has 7 nitrogen and oxygen atoms in total. The van der Waals surface area contributed by atoms with E-state index in [1.54, 1.807) is 43.3 Å². The molecule has 1 spiro atoms. The van der Waals surface area contributed by atoms with Gasteiger partial charge in [-0.2, -0.15) is 0 Å². The Kier molecular flexibility index (Phi) is 5.65. The number of ether oxygens (including phenoxy) is 1. The van der Waals surface area contributed by atoms with E-state index < -0.39 is 30.0 Å². The Morgan fingerprint density at radius 2 is 1.91 bits per heavy atom. The predicted octanol–water partition coefficient (Wildman–Crippen LogP) is 3.90. The second kappa shape index (κ2) is 8.15. The number of anilines is 1. The van der Waals surface area contributed by atoms with Crippen LogP contribution < -0.4 is 15.4 Å². The van der Waals surface area contributed by atoms with Gasteiger partial charge in [-0.25, -0.2) is 4.79 Å². The minimum Gasteiger partial charge on any atom is -0.482 e. The Bertz CT molecular complexity index is 1170. The normalized spacial score (nSPS) is 24.0. The number of hydrogen-bond acceptors (Lipinski definition) is 4. The largest absolute Gasteiger partial charge is 0.482 e. The highest BCUT2D eigenvalue weighted by molar-refractivity contribution is 6.31. The van der Waals surface area contributed by atoms with Crippen molar-refractivity contribution in [1.82, 2.24) is 5.32 Å². The minimum absolute atomic E-state index is 0.0387. The second-order valence-corrected chi connectivity index (χ2v) is 8.85. The van der Waals surface area contributed by atoms with Crippen LogP contribution in [0.1, 0.15) is 30.4 Å². The number of rotatable bonds is 5. The molecule has 0 radical (unpaired) electrons. The first-order chi connectivity index (χ1) is 15.1. The van der Waals surface area contributed by atoms with E-state index in [0.717, 1.165) is 0 Å². The average molecular weight is 475 g/mol. The van der Waals surface area contributed by atoms with E-state index in [-0.39, 0.29) is 24.0 Å². The van der Waals surface area contributed by atoms with E-state index in [1.807, 2.05) is 0 Å². The topological polar surface area (TPSA) is 105 Å². The smallest absolute Gasteiger partial charge is 0.341 e. The summed E-state index contributed by atoms with van der Waals surface area (Å²) in [6, 6.07) is 9.11. The number of carbonyl (C=O) groups is 3. The highest BCUT2D eigenvalue weighted by Crippen LogP contribution is 2.55. The SMILES string of the molecule is C=C(C)C1NC(=O)CC(c2cc(Cl)ccc2OCC(=O)O)C12C(=O)Nc1cc(Cl)ccc12. The van der Waals surface area contributed by atoms with Crippen molar-refractivity contribution >= 4 is 46.7 Å². The molecule has 3 atom stereocenters. The number of benzene rings is 2. The standard InChI is InChI=1S/C23H20Cl2N2O5/c1-11(2)21-23(15-5-3-13(25)8-17(15)26-22(23)31)16(9-19(28)27-21)14-7-12(24)4-6-18(14)32-10-20(29)30/h3-8,16,21H,1,9-10H2,2H3,(H,26,31)(H,27,28)(H,29,30). The fraction of sp³-hybridized carbons (Fsp3) is 0.261. The molecule has 1 saturated heterocycles. The molecule has 0 bridgehead atoms. The molecule has 2 aliphatic heterocycles. The third kappa shape index (κ3) is 3.51. The summed E-state index contributed by atoms with van der Waals surface area (Å²) in [5.74, 6) is -2.21. The van der Waals surface area contributed by atoms with E-state index in [9.17, 15) is 14.4 Å². The van der Waals surface area contributed by atoms with Gasteiger partial charge in [-0.15, -0.1) is 0 Å². The average Bonchev–Trinajstić information content (AvgIpc) is 2.99. The minimum atomic E-state index is -1.26. The molecule has 0 aliphatic carbocycles. The van der Waals surface area contributed by atoms with Crippen LogP contribution >= 0.6 is 23.2 Å². The molecule has 3 N–H and O–H groups in total. The number of fused-ring (bicyclic) bond motifs is 2. The molecule has 2 aromatic carbocycles. The van der Waals surface area contributed by atoms with E-state index in [0.29, 0.717) is 32.4 Å². The summed E-state index contributed by atoms with van der Waals surface area (Å²) in [7, 11) is 0. The van der Waals surface area contributed by atoms with Crippen molar-refractivity contribution < 1.29 is 24.2 Å². The number of halogens is 2. The van der Waals surface area contributed by atoms with E-state index in [1.165, 1.54) is 0 Å². The molecule has 2 aliphatic rings. The number of nitrogens with one attached hydrogen (secondary N) is 2. The van der Waals surface area contributed by atoms with Gasteiger partial charge < -0.3 is 20.5 Å². The monoisotopic (exact) mass is 474 g/mol. The van der Waals surface area contributed by atoms with Gasteiger partial charge in [0.15, 0.2) is 6.61 Å². The molecule has 0 saturated carbocycles. The molecule has 0 aromatic heterocycles. The molecule has 9 heteroatoms. The first-order valence-corrected chi connectivity index (χ1v) is 10.6. The van der Waals surface area contributed by atoms with Crippen LogP contribution in [0.15, 0.2) is 48.6 Å². The predicted molar refractivity (Wildman–Crippen MR) is 120 cm³/mol. The van der Waals surface area contributed by atoms with Crippen molar-refractivity contribution in [3.8, 4) is 5.75 Å². The lowest BCUT2D eigenvalue weighted by atomic mass is 9.59. The summed E-state index contributed by atoms with van der Waals surface area (Å²) >= 11 is 12.4. The molecule has 2 amide bonds. The number of carbonyl (C=O) groups excluding carboxylic acids is 2. The zero-order chi connectivity index (χ0) is 23.2. The highest BCUT2D eigenvalue weighted by atomic mass is 35.5. The van der Waals surface area contributed by atoms with Crippen molar-refractivity contribution in [2.24, 2.45) is 0 Å². The van der Waals surface area contributed by atoms with Crippen molar-refractivity contribution in [2.75, 3.05) is 11.9 Å². The maximum Gasteiger partial charge on any atom is 0.341 e. The summed E-state index contributed by atoms with van der Waals surface area (Å²) in [5, 5.41) is 15.7. The van der Waals surface area contributed by atoms with Gasteiger partial charge in [0, 0.05) is 33.6 Å². The van der Waals surface area contributed by atoms with E-state index >= 15 is 0 Å². The molecular formula is C23H20Cl2N2O5. The molecule has 32 heavy (non-hydrogen) atoms. The second-order valence-electron chi connectivity index (χ2n) is 7.98. The molecule has 166 valence electrons. The number of piperidine rings is 1. The lowest BCUT2D eigenvalue weighted by Gasteiger charge is -2.46. The lowest BCUT2D eigenvalue weighted by Crippen LogP contribution is -2.62. The lowest BCUT2D eigenvalue weighted by molar-refractivity contribution is -0.139. The van der Waals surface area contributed by atoms with Gasteiger partial charge in [0.1, 0.15) is 11.2 Å². The molecule has 4 rings (SSSR count). The Morgan fingerprint density at radius 3 is 2.59 bits per heavy atom. The van der Waals surface area contributed by atoms with Crippen LogP contribution in [-0.4, -0.2) is 35.5 Å². The summed E-state index contributed by atoms with van der Waals surface area (Å²) < 4.78 is 5.52. The third-order valence-corrected chi connectivity index (χ3v) is 6.41. The zero-order valence-electron chi connectivity index (χ0n) is 17.1. The number of amides is 2. The van der Waals surface area contributed by atoms with Gasteiger partial charge in [-0.1, -0.05) is 41.4 Å². The quantitative estimate of drug-likeness (QED) is 0.570. The van der Waals surface area contributed by atoms with Gasteiger partial charge in [-0.05, 0) is 42.8 Å². The van der Waals surface area contributed by atoms with Crippen molar-refractivity contribution in [2.45, 2.75) is 30.7 Å². The maximum atomic E-state index is 13.7. The number of carboxylic acid groups (broad SMARTS) is 1. The van der Waals surface area contributed by atoms with Gasteiger partial charge in [-0.3, -0.25) is 9.59 Å². The van der Waals surface area contributed by atoms with Gasteiger partial charge >= 0.3 is 5.97 Å². The van der Waals surface area contributed by atoms with Gasteiger partial charge in [0.2, 0.25) is 11.8 Å². The summed E-state index contributed by atoms with van der Waals surface area (Å²) in [4.78, 5) is 37.6. The van der Waals surface area contributed by atoms with Crippen LogP contribution in [0.5, 0.6) is 5.75 Å². The summed E-state index contributed by atoms with van der Waals surface area (Å²) in [6.45, 7) is 5.19. The van der Waals surface area contributed by atoms with Gasteiger partial charge in [0.25, 0.3) is 0 Å². The first-order valence-electron chi connectivity index (χ1n) is 9.85. The Morgan fingerprint density at radius 1 is 1.22 bits per heavy atom. The summed E-state index contributed by atoms with van der Waals surface area (Å²) in [6.07, 6.45) is -0.0387. The number of hydrogen-bond donors (Lipinski definition) is 3. The van der Waals surface area contributed by atoms with Crippen molar-refractivity contribution in [1.29, 1.82) is 0 Å². The highest BCUT2D eigenvalue weighted by Gasteiger charge is 2.61. The van der Waals surface area contributed by atoms with Crippen molar-refractivity contribution in [3.63, 3.8) is 0 Å². The van der Waals surface area contributed by atoms with Crippen LogP contribution in [0, 0.1) is 0 Å². The fourth-order valence-electron chi connectivity index (χ4n) is 4.77. The van der Waals surface area contributed by atoms with Crippen LogP contribution in [0.25, 0.3) is 0 Å². The van der Waals surface area contributed by atoms with Crippen LogP contribution in [0.2, 0.25) is 10.0 Å². The van der Waals surface area contributed by atoms with E-state index in [4.69, 9.17) is 33.0 Å². The first kappa shape index (κ1) is 22.2. The van der Waals surface area contributed by atoms with Crippen LogP contribution in [0.4, 0.5) is 5.69 Å². The van der Waals surface area contributed by atoms with Crippen molar-refractivity contribution in [3.05, 3.63) is 69.7 Å². The molecular weight excluding hydrogens is 455 g/mol. The zero-order valence-corrected chi connectivity index (χ0v) is 18.6.